The number of nitrogens with one attached hydrogen (secondary N) is 1. The first-order valence-corrected chi connectivity index (χ1v) is 12.0. The van der Waals surface area contributed by atoms with Gasteiger partial charge in [0, 0.05) is 17.7 Å². The van der Waals surface area contributed by atoms with Crippen LogP contribution in [0.2, 0.25) is 0 Å². The lowest BCUT2D eigenvalue weighted by atomic mass is 9.97. The summed E-state index contributed by atoms with van der Waals surface area (Å²) >= 11 is 0. The summed E-state index contributed by atoms with van der Waals surface area (Å²) < 4.78 is 28.4. The van der Waals surface area contributed by atoms with E-state index >= 15 is 0 Å². The molecular weight excluding hydrogens is 418 g/mol. The Labute approximate surface area is 189 Å². The van der Waals surface area contributed by atoms with Crippen LogP contribution in [0.5, 0.6) is 0 Å². The molecule has 0 atom stereocenters. The Bertz CT molecular complexity index is 1370. The number of Topliss-reactive ketones (excluding diaryl/α,β-unsaturated/α-hetero) is 1. The van der Waals surface area contributed by atoms with E-state index in [1.165, 1.54) is 0 Å². The van der Waals surface area contributed by atoms with Crippen LogP contribution >= 0.6 is 0 Å². The van der Waals surface area contributed by atoms with E-state index in [-0.39, 0.29) is 10.7 Å². The Morgan fingerprint density at radius 3 is 2.25 bits per heavy atom. The predicted molar refractivity (Wildman–Crippen MR) is 130 cm³/mol. The van der Waals surface area contributed by atoms with Crippen molar-refractivity contribution in [3.05, 3.63) is 107 Å². The molecule has 0 aliphatic heterocycles. The highest BCUT2D eigenvalue weighted by atomic mass is 32.2. The van der Waals surface area contributed by atoms with Gasteiger partial charge in [0.1, 0.15) is 0 Å². The highest BCUT2D eigenvalue weighted by Crippen LogP contribution is 2.26. The molecule has 5 heteroatoms. The molecular formula is C27H25NO3S. The van der Waals surface area contributed by atoms with Crippen molar-refractivity contribution in [2.24, 2.45) is 0 Å². The van der Waals surface area contributed by atoms with Gasteiger partial charge >= 0.3 is 0 Å². The van der Waals surface area contributed by atoms with Gasteiger partial charge in [-0.3, -0.25) is 9.52 Å². The van der Waals surface area contributed by atoms with Gasteiger partial charge in [-0.15, -0.1) is 0 Å². The Kier molecular flexibility index (Phi) is 6.10. The van der Waals surface area contributed by atoms with E-state index in [9.17, 15) is 13.2 Å². The molecule has 0 saturated heterocycles. The number of ketones is 1. The summed E-state index contributed by atoms with van der Waals surface area (Å²) in [5, 5.41) is 1.64. The minimum Gasteiger partial charge on any atom is -0.294 e. The largest absolute Gasteiger partial charge is 0.294 e. The minimum atomic E-state index is -3.71. The molecule has 0 fully saturated rings. The number of benzene rings is 4. The number of fused-ring (bicyclic) bond motifs is 1. The normalized spacial score (nSPS) is 11.4. The zero-order valence-corrected chi connectivity index (χ0v) is 18.9. The summed E-state index contributed by atoms with van der Waals surface area (Å²) in [6.45, 7) is 3.75. The SMILES string of the molecule is Cc1cc(C)cc(S(=O)(=O)Nc2ccc3c(C(=O)CCc4ccccc4)cccc3c2)c1. The second-order valence-electron chi connectivity index (χ2n) is 8.08. The number of anilines is 1. The van der Waals surface area contributed by atoms with Gasteiger partial charge < -0.3 is 0 Å². The van der Waals surface area contributed by atoms with E-state index < -0.39 is 10.0 Å². The number of sulfonamides is 1. The molecule has 4 rings (SSSR count). The third kappa shape index (κ3) is 4.89. The molecule has 32 heavy (non-hydrogen) atoms. The van der Waals surface area contributed by atoms with E-state index in [0.29, 0.717) is 24.1 Å². The number of carbonyl (C=O) groups excluding carboxylic acids is 1. The number of carbonyl (C=O) groups is 1. The van der Waals surface area contributed by atoms with Crippen LogP contribution in [0.3, 0.4) is 0 Å². The fraction of sp³-hybridized carbons (Fsp3) is 0.148. The van der Waals surface area contributed by atoms with Crippen LogP contribution in [0.1, 0.15) is 33.5 Å². The van der Waals surface area contributed by atoms with Crippen molar-refractivity contribution in [3.8, 4) is 0 Å². The molecule has 0 saturated carbocycles. The molecule has 1 N–H and O–H groups in total. The summed E-state index contributed by atoms with van der Waals surface area (Å²) in [5.41, 5.74) is 4.03. The van der Waals surface area contributed by atoms with Gasteiger partial charge in [-0.2, -0.15) is 0 Å². The Morgan fingerprint density at radius 1 is 0.812 bits per heavy atom. The molecule has 0 unspecified atom stereocenters. The van der Waals surface area contributed by atoms with E-state index in [1.807, 2.05) is 74.5 Å². The summed E-state index contributed by atoms with van der Waals surface area (Å²) in [4.78, 5) is 13.1. The summed E-state index contributed by atoms with van der Waals surface area (Å²) in [7, 11) is -3.71. The number of hydrogen-bond donors (Lipinski definition) is 1. The maximum absolute atomic E-state index is 12.9. The number of rotatable bonds is 7. The Morgan fingerprint density at radius 2 is 1.53 bits per heavy atom. The Balaban J connectivity index is 1.58. The highest BCUT2D eigenvalue weighted by molar-refractivity contribution is 7.92. The van der Waals surface area contributed by atoms with Gasteiger partial charge in [0.25, 0.3) is 10.0 Å². The number of hydrogen-bond acceptors (Lipinski definition) is 3. The van der Waals surface area contributed by atoms with Gasteiger partial charge in [0.05, 0.1) is 4.90 Å². The van der Waals surface area contributed by atoms with Crippen molar-refractivity contribution in [1.82, 2.24) is 0 Å². The molecule has 4 aromatic rings. The molecule has 0 bridgehead atoms. The molecule has 0 heterocycles. The van der Waals surface area contributed by atoms with Crippen LogP contribution in [-0.2, 0) is 16.4 Å². The second kappa shape index (κ2) is 8.97. The van der Waals surface area contributed by atoms with Gasteiger partial charge in [0.2, 0.25) is 0 Å². The quantitative estimate of drug-likeness (QED) is 0.353. The first-order chi connectivity index (χ1) is 15.3. The van der Waals surface area contributed by atoms with Crippen LogP contribution in [-0.4, -0.2) is 14.2 Å². The maximum atomic E-state index is 12.9. The van der Waals surface area contributed by atoms with Crippen molar-refractivity contribution < 1.29 is 13.2 Å². The van der Waals surface area contributed by atoms with E-state index in [4.69, 9.17) is 0 Å². The third-order valence-electron chi connectivity index (χ3n) is 5.42. The van der Waals surface area contributed by atoms with Crippen molar-refractivity contribution in [3.63, 3.8) is 0 Å². The molecule has 4 nitrogen and oxygen atoms in total. The lowest BCUT2D eigenvalue weighted by Gasteiger charge is -2.12. The first kappa shape index (κ1) is 21.8. The molecule has 0 spiro atoms. The average Bonchev–Trinajstić information content (AvgIpc) is 2.76. The van der Waals surface area contributed by atoms with E-state index in [1.54, 1.807) is 24.3 Å². The fourth-order valence-corrected chi connectivity index (χ4v) is 5.17. The summed E-state index contributed by atoms with van der Waals surface area (Å²) in [5.74, 6) is 0.0722. The van der Waals surface area contributed by atoms with Crippen molar-refractivity contribution >= 4 is 32.3 Å². The smallest absolute Gasteiger partial charge is 0.261 e. The average molecular weight is 444 g/mol. The van der Waals surface area contributed by atoms with Crippen LogP contribution in [0, 0.1) is 13.8 Å². The zero-order valence-electron chi connectivity index (χ0n) is 18.1. The predicted octanol–water partition coefficient (Wildman–Crippen LogP) is 6.07. The van der Waals surface area contributed by atoms with Crippen molar-refractivity contribution in [2.75, 3.05) is 4.72 Å². The van der Waals surface area contributed by atoms with Crippen molar-refractivity contribution in [1.29, 1.82) is 0 Å². The molecule has 0 aliphatic rings. The molecule has 4 aromatic carbocycles. The van der Waals surface area contributed by atoms with Crippen LogP contribution in [0.15, 0.2) is 89.8 Å². The molecule has 0 radical (unpaired) electrons. The summed E-state index contributed by atoms with van der Waals surface area (Å²) in [6.07, 6.45) is 1.11. The van der Waals surface area contributed by atoms with Crippen LogP contribution < -0.4 is 4.72 Å². The second-order valence-corrected chi connectivity index (χ2v) is 9.76. The fourth-order valence-electron chi connectivity index (χ4n) is 3.93. The van der Waals surface area contributed by atoms with Crippen LogP contribution in [0.25, 0.3) is 10.8 Å². The third-order valence-corrected chi connectivity index (χ3v) is 6.78. The monoisotopic (exact) mass is 443 g/mol. The first-order valence-electron chi connectivity index (χ1n) is 10.5. The Hall–Kier alpha value is -3.44. The standard InChI is InChI=1S/C27H25NO3S/c1-19-15-20(2)17-24(16-19)32(30,31)28-23-12-13-25-22(18-23)9-6-10-26(25)27(29)14-11-21-7-4-3-5-8-21/h3-10,12-13,15-18,28H,11,14H2,1-2H3. The van der Waals surface area contributed by atoms with E-state index in [2.05, 4.69) is 4.72 Å². The van der Waals surface area contributed by atoms with Gasteiger partial charge in [-0.1, -0.05) is 60.7 Å². The number of aryl methyl sites for hydroxylation is 3. The van der Waals surface area contributed by atoms with Gasteiger partial charge in [-0.05, 0) is 72.0 Å². The zero-order chi connectivity index (χ0) is 22.7. The lowest BCUT2D eigenvalue weighted by Crippen LogP contribution is -2.13. The molecule has 0 aliphatic carbocycles. The van der Waals surface area contributed by atoms with Gasteiger partial charge in [-0.25, -0.2) is 8.42 Å². The van der Waals surface area contributed by atoms with Crippen molar-refractivity contribution in [2.45, 2.75) is 31.6 Å². The van der Waals surface area contributed by atoms with Gasteiger partial charge in [0.15, 0.2) is 5.78 Å². The summed E-state index contributed by atoms with van der Waals surface area (Å²) in [6, 6.07) is 26.0. The van der Waals surface area contributed by atoms with E-state index in [0.717, 1.165) is 27.5 Å². The topological polar surface area (TPSA) is 63.2 Å². The molecule has 0 aromatic heterocycles. The molecule has 0 amide bonds. The maximum Gasteiger partial charge on any atom is 0.261 e. The molecule has 162 valence electrons. The van der Waals surface area contributed by atoms with Crippen LogP contribution in [0.4, 0.5) is 5.69 Å². The minimum absolute atomic E-state index is 0.0722. The lowest BCUT2D eigenvalue weighted by molar-refractivity contribution is 0.0984. The highest BCUT2D eigenvalue weighted by Gasteiger charge is 2.16.